The zero-order valence-corrected chi connectivity index (χ0v) is 8.76. The van der Waals surface area contributed by atoms with Gasteiger partial charge in [-0.15, -0.1) is 0 Å². The lowest BCUT2D eigenvalue weighted by Crippen LogP contribution is -2.41. The molecule has 0 fully saturated rings. The SMILES string of the molecule is CCOC(=O)C(C)(C)Nc1ccc[nH]1. The lowest BCUT2D eigenvalue weighted by Gasteiger charge is -2.23. The summed E-state index contributed by atoms with van der Waals surface area (Å²) < 4.78 is 4.94. The molecule has 2 N–H and O–H groups in total. The Hall–Kier alpha value is -1.45. The van der Waals surface area contributed by atoms with Gasteiger partial charge in [-0.3, -0.25) is 0 Å². The van der Waals surface area contributed by atoms with Crippen LogP contribution in [0.3, 0.4) is 0 Å². The third-order valence-corrected chi connectivity index (χ3v) is 1.83. The third kappa shape index (κ3) is 2.52. The van der Waals surface area contributed by atoms with Gasteiger partial charge in [-0.05, 0) is 32.9 Å². The molecule has 0 atom stereocenters. The molecule has 78 valence electrons. The number of carbonyl (C=O) groups is 1. The van der Waals surface area contributed by atoms with Gasteiger partial charge in [0.2, 0.25) is 0 Å². The minimum atomic E-state index is -0.707. The predicted molar refractivity (Wildman–Crippen MR) is 55.1 cm³/mol. The van der Waals surface area contributed by atoms with Gasteiger partial charge in [0.15, 0.2) is 0 Å². The van der Waals surface area contributed by atoms with E-state index in [9.17, 15) is 4.79 Å². The van der Waals surface area contributed by atoms with Gasteiger partial charge in [0.1, 0.15) is 11.4 Å². The fraction of sp³-hybridized carbons (Fsp3) is 0.500. The molecule has 1 aromatic rings. The summed E-state index contributed by atoms with van der Waals surface area (Å²) in [5.74, 6) is 0.553. The molecule has 0 aliphatic heterocycles. The van der Waals surface area contributed by atoms with E-state index in [4.69, 9.17) is 4.74 Å². The maximum absolute atomic E-state index is 11.5. The monoisotopic (exact) mass is 196 g/mol. The van der Waals surface area contributed by atoms with E-state index < -0.39 is 5.54 Å². The van der Waals surface area contributed by atoms with E-state index in [1.807, 2.05) is 12.1 Å². The van der Waals surface area contributed by atoms with Crippen LogP contribution >= 0.6 is 0 Å². The molecule has 0 saturated carbocycles. The van der Waals surface area contributed by atoms with Crippen molar-refractivity contribution in [2.45, 2.75) is 26.3 Å². The minimum absolute atomic E-state index is 0.255. The first-order valence-corrected chi connectivity index (χ1v) is 4.65. The Morgan fingerprint density at radius 1 is 1.64 bits per heavy atom. The van der Waals surface area contributed by atoms with Crippen molar-refractivity contribution in [2.75, 3.05) is 11.9 Å². The number of esters is 1. The maximum atomic E-state index is 11.5. The highest BCUT2D eigenvalue weighted by Crippen LogP contribution is 2.14. The lowest BCUT2D eigenvalue weighted by molar-refractivity contribution is -0.147. The van der Waals surface area contributed by atoms with Crippen molar-refractivity contribution in [1.29, 1.82) is 0 Å². The fourth-order valence-corrected chi connectivity index (χ4v) is 1.11. The summed E-state index contributed by atoms with van der Waals surface area (Å²) in [4.78, 5) is 14.5. The molecular formula is C10H16N2O2. The third-order valence-electron chi connectivity index (χ3n) is 1.83. The minimum Gasteiger partial charge on any atom is -0.464 e. The van der Waals surface area contributed by atoms with Gasteiger partial charge in [0.25, 0.3) is 0 Å². The summed E-state index contributed by atoms with van der Waals surface area (Å²) in [5.41, 5.74) is -0.707. The van der Waals surface area contributed by atoms with Crippen LogP contribution in [0.5, 0.6) is 0 Å². The number of hydrogen-bond acceptors (Lipinski definition) is 3. The van der Waals surface area contributed by atoms with E-state index in [0.29, 0.717) is 6.61 Å². The Bertz CT molecular complexity index is 291. The molecule has 0 aromatic carbocycles. The van der Waals surface area contributed by atoms with Crippen LogP contribution in [0.15, 0.2) is 18.3 Å². The Morgan fingerprint density at radius 3 is 2.86 bits per heavy atom. The summed E-state index contributed by atoms with van der Waals surface area (Å²) in [6, 6.07) is 3.73. The lowest BCUT2D eigenvalue weighted by atomic mass is 10.1. The number of aromatic amines is 1. The molecule has 0 radical (unpaired) electrons. The Labute approximate surface area is 83.7 Å². The van der Waals surface area contributed by atoms with Crippen LogP contribution in [0.2, 0.25) is 0 Å². The number of nitrogens with one attached hydrogen (secondary N) is 2. The van der Waals surface area contributed by atoms with Gasteiger partial charge in [-0.25, -0.2) is 4.79 Å². The van der Waals surface area contributed by atoms with E-state index in [0.717, 1.165) is 5.82 Å². The maximum Gasteiger partial charge on any atom is 0.331 e. The van der Waals surface area contributed by atoms with Crippen LogP contribution in [-0.2, 0) is 9.53 Å². The van der Waals surface area contributed by atoms with Gasteiger partial charge >= 0.3 is 5.97 Å². The van der Waals surface area contributed by atoms with E-state index in [2.05, 4.69) is 10.3 Å². The Kier molecular flexibility index (Phi) is 3.17. The van der Waals surface area contributed by atoms with Crippen LogP contribution in [0.4, 0.5) is 5.82 Å². The topological polar surface area (TPSA) is 54.1 Å². The summed E-state index contributed by atoms with van der Waals surface area (Å²) in [5, 5.41) is 3.05. The molecule has 0 aliphatic rings. The van der Waals surface area contributed by atoms with E-state index in [1.165, 1.54) is 0 Å². The van der Waals surface area contributed by atoms with Crippen molar-refractivity contribution < 1.29 is 9.53 Å². The molecule has 0 saturated heterocycles. The van der Waals surface area contributed by atoms with Gasteiger partial charge in [0, 0.05) is 6.20 Å². The number of aromatic nitrogens is 1. The summed E-state index contributed by atoms with van der Waals surface area (Å²) in [6.45, 7) is 5.76. The van der Waals surface area contributed by atoms with Crippen LogP contribution in [0, 0.1) is 0 Å². The Balaban J connectivity index is 2.61. The molecule has 0 amide bonds. The molecule has 4 nitrogen and oxygen atoms in total. The van der Waals surface area contributed by atoms with Crippen molar-refractivity contribution in [1.82, 2.24) is 4.98 Å². The van der Waals surface area contributed by atoms with Crippen LogP contribution in [-0.4, -0.2) is 23.1 Å². The zero-order valence-electron chi connectivity index (χ0n) is 8.76. The second-order valence-corrected chi connectivity index (χ2v) is 3.55. The Morgan fingerprint density at radius 2 is 2.36 bits per heavy atom. The highest BCUT2D eigenvalue weighted by atomic mass is 16.5. The van der Waals surface area contributed by atoms with Crippen molar-refractivity contribution in [3.8, 4) is 0 Å². The number of hydrogen-bond donors (Lipinski definition) is 2. The fourth-order valence-electron chi connectivity index (χ4n) is 1.11. The molecule has 1 heterocycles. The normalized spacial score (nSPS) is 11.1. The summed E-state index contributed by atoms with van der Waals surface area (Å²) in [7, 11) is 0. The molecular weight excluding hydrogens is 180 g/mol. The second-order valence-electron chi connectivity index (χ2n) is 3.55. The van der Waals surface area contributed by atoms with Gasteiger partial charge in [0.05, 0.1) is 6.61 Å². The highest BCUT2D eigenvalue weighted by molar-refractivity contribution is 5.83. The van der Waals surface area contributed by atoms with Crippen molar-refractivity contribution in [3.63, 3.8) is 0 Å². The van der Waals surface area contributed by atoms with E-state index >= 15 is 0 Å². The smallest absolute Gasteiger partial charge is 0.331 e. The van der Waals surface area contributed by atoms with E-state index in [-0.39, 0.29) is 5.97 Å². The second kappa shape index (κ2) is 4.17. The standard InChI is InChI=1S/C10H16N2O2/c1-4-14-9(13)10(2,3)12-8-6-5-7-11-8/h5-7,11-12H,4H2,1-3H3. The average Bonchev–Trinajstić information content (AvgIpc) is 2.56. The van der Waals surface area contributed by atoms with Gasteiger partial charge < -0.3 is 15.0 Å². The van der Waals surface area contributed by atoms with E-state index in [1.54, 1.807) is 27.0 Å². The van der Waals surface area contributed by atoms with Crippen LogP contribution in [0.25, 0.3) is 0 Å². The van der Waals surface area contributed by atoms with Crippen molar-refractivity contribution >= 4 is 11.8 Å². The number of anilines is 1. The van der Waals surface area contributed by atoms with Gasteiger partial charge in [-0.2, -0.15) is 0 Å². The van der Waals surface area contributed by atoms with Crippen LogP contribution < -0.4 is 5.32 Å². The first-order valence-electron chi connectivity index (χ1n) is 4.65. The van der Waals surface area contributed by atoms with Crippen molar-refractivity contribution in [2.24, 2.45) is 0 Å². The summed E-state index contributed by atoms with van der Waals surface area (Å²) >= 11 is 0. The van der Waals surface area contributed by atoms with Gasteiger partial charge in [-0.1, -0.05) is 0 Å². The summed E-state index contributed by atoms with van der Waals surface area (Å²) in [6.07, 6.45) is 1.80. The molecule has 0 unspecified atom stereocenters. The molecule has 14 heavy (non-hydrogen) atoms. The zero-order chi connectivity index (χ0) is 10.6. The number of rotatable bonds is 4. The quantitative estimate of drug-likeness (QED) is 0.721. The number of carbonyl (C=O) groups excluding carboxylic acids is 1. The largest absolute Gasteiger partial charge is 0.464 e. The number of H-pyrrole nitrogens is 1. The first kappa shape index (κ1) is 10.6. The number of ether oxygens (including phenoxy) is 1. The first-order chi connectivity index (χ1) is 6.56. The molecule has 0 spiro atoms. The molecule has 0 bridgehead atoms. The predicted octanol–water partition coefficient (Wildman–Crippen LogP) is 1.77. The van der Waals surface area contributed by atoms with Crippen LogP contribution in [0.1, 0.15) is 20.8 Å². The molecule has 4 heteroatoms. The van der Waals surface area contributed by atoms with Crippen molar-refractivity contribution in [3.05, 3.63) is 18.3 Å². The average molecular weight is 196 g/mol. The molecule has 1 rings (SSSR count). The molecule has 1 aromatic heterocycles. The molecule has 0 aliphatic carbocycles. The highest BCUT2D eigenvalue weighted by Gasteiger charge is 2.28.